The highest BCUT2D eigenvalue weighted by Crippen LogP contribution is 2.05. The SMILES string of the molecule is COCC(C(=O)OCOC(=O)OC(C)C)N(C)C(C)C. The first kappa shape index (κ1) is 18.7. The molecule has 118 valence electrons. The van der Waals surface area contributed by atoms with Crippen molar-refractivity contribution in [2.75, 3.05) is 27.6 Å². The summed E-state index contributed by atoms with van der Waals surface area (Å²) in [7, 11) is 3.30. The maximum Gasteiger partial charge on any atom is 0.511 e. The van der Waals surface area contributed by atoms with Crippen LogP contribution in [0.3, 0.4) is 0 Å². The molecular formula is C13H25NO6. The van der Waals surface area contributed by atoms with Crippen molar-refractivity contribution in [1.82, 2.24) is 4.90 Å². The van der Waals surface area contributed by atoms with E-state index in [9.17, 15) is 9.59 Å². The zero-order chi connectivity index (χ0) is 15.7. The van der Waals surface area contributed by atoms with Gasteiger partial charge in [0.2, 0.25) is 6.79 Å². The molecule has 0 saturated carbocycles. The summed E-state index contributed by atoms with van der Waals surface area (Å²) in [6.45, 7) is 7.01. The molecule has 0 N–H and O–H groups in total. The zero-order valence-corrected chi connectivity index (χ0v) is 13.0. The third-order valence-electron chi connectivity index (χ3n) is 2.61. The number of nitrogens with zero attached hydrogens (tertiary/aromatic N) is 1. The van der Waals surface area contributed by atoms with Gasteiger partial charge in [-0.3, -0.25) is 9.69 Å². The van der Waals surface area contributed by atoms with Gasteiger partial charge in [0.15, 0.2) is 0 Å². The third kappa shape index (κ3) is 7.30. The summed E-state index contributed by atoms with van der Waals surface area (Å²) in [5, 5.41) is 0. The highest BCUT2D eigenvalue weighted by Gasteiger charge is 2.26. The Balaban J connectivity index is 4.23. The van der Waals surface area contributed by atoms with Crippen molar-refractivity contribution in [3.05, 3.63) is 0 Å². The standard InChI is InChI=1S/C13H25NO6/c1-9(2)14(5)11(7-17-6)12(15)18-8-19-13(16)20-10(3)4/h9-11H,7-8H2,1-6H3. The molecule has 0 bridgehead atoms. The summed E-state index contributed by atoms with van der Waals surface area (Å²) in [4.78, 5) is 24.8. The molecule has 0 saturated heterocycles. The number of esters is 1. The van der Waals surface area contributed by atoms with Gasteiger partial charge in [-0.25, -0.2) is 4.79 Å². The lowest BCUT2D eigenvalue weighted by atomic mass is 10.2. The molecule has 0 aromatic carbocycles. The molecule has 20 heavy (non-hydrogen) atoms. The Labute approximate surface area is 120 Å². The Bertz CT molecular complexity index is 305. The predicted molar refractivity (Wildman–Crippen MR) is 72.2 cm³/mol. The van der Waals surface area contributed by atoms with Crippen LogP contribution in [0.25, 0.3) is 0 Å². The van der Waals surface area contributed by atoms with Gasteiger partial charge in [-0.15, -0.1) is 0 Å². The number of hydrogen-bond acceptors (Lipinski definition) is 7. The van der Waals surface area contributed by atoms with E-state index in [1.165, 1.54) is 7.11 Å². The normalized spacial score (nSPS) is 12.7. The monoisotopic (exact) mass is 291 g/mol. The Kier molecular flexibility index (Phi) is 8.91. The molecule has 0 aliphatic carbocycles. The van der Waals surface area contributed by atoms with E-state index in [0.717, 1.165) is 0 Å². The first-order chi connectivity index (χ1) is 9.29. The molecular weight excluding hydrogens is 266 g/mol. The summed E-state index contributed by atoms with van der Waals surface area (Å²) >= 11 is 0. The summed E-state index contributed by atoms with van der Waals surface area (Å²) in [5.41, 5.74) is 0. The molecule has 1 atom stereocenters. The van der Waals surface area contributed by atoms with Crippen LogP contribution >= 0.6 is 0 Å². The number of carbonyl (C=O) groups excluding carboxylic acids is 2. The van der Waals surface area contributed by atoms with Crippen LogP contribution in [0.5, 0.6) is 0 Å². The average Bonchev–Trinajstić information content (AvgIpc) is 2.33. The Hall–Kier alpha value is -1.34. The number of likely N-dealkylation sites (N-methyl/N-ethyl adjacent to an activating group) is 1. The second-order valence-electron chi connectivity index (χ2n) is 4.87. The topological polar surface area (TPSA) is 74.3 Å². The molecule has 0 fully saturated rings. The van der Waals surface area contributed by atoms with Crippen molar-refractivity contribution >= 4 is 12.1 Å². The van der Waals surface area contributed by atoms with Gasteiger partial charge in [-0.05, 0) is 34.7 Å². The fraction of sp³-hybridized carbons (Fsp3) is 0.846. The lowest BCUT2D eigenvalue weighted by Crippen LogP contribution is -2.46. The van der Waals surface area contributed by atoms with Crippen molar-refractivity contribution in [2.24, 2.45) is 0 Å². The van der Waals surface area contributed by atoms with Crippen LogP contribution in [0, 0.1) is 0 Å². The first-order valence-corrected chi connectivity index (χ1v) is 6.50. The second kappa shape index (κ2) is 9.55. The van der Waals surface area contributed by atoms with Crippen LogP contribution in [-0.4, -0.2) is 62.8 Å². The van der Waals surface area contributed by atoms with Crippen molar-refractivity contribution < 1.29 is 28.5 Å². The minimum absolute atomic E-state index is 0.148. The predicted octanol–water partition coefficient (Wildman–Crippen LogP) is 1.40. The fourth-order valence-corrected chi connectivity index (χ4v) is 1.33. The highest BCUT2D eigenvalue weighted by molar-refractivity contribution is 5.76. The number of hydrogen-bond donors (Lipinski definition) is 0. The molecule has 0 amide bonds. The van der Waals surface area contributed by atoms with E-state index in [4.69, 9.17) is 14.2 Å². The fourth-order valence-electron chi connectivity index (χ4n) is 1.33. The quantitative estimate of drug-likeness (QED) is 0.494. The van der Waals surface area contributed by atoms with Gasteiger partial charge in [0.05, 0.1) is 12.7 Å². The van der Waals surface area contributed by atoms with Gasteiger partial charge < -0.3 is 18.9 Å². The average molecular weight is 291 g/mol. The lowest BCUT2D eigenvalue weighted by molar-refractivity contribution is -0.162. The van der Waals surface area contributed by atoms with Crippen LogP contribution in [0.4, 0.5) is 4.79 Å². The van der Waals surface area contributed by atoms with Gasteiger partial charge in [-0.2, -0.15) is 0 Å². The van der Waals surface area contributed by atoms with E-state index in [2.05, 4.69) is 4.74 Å². The summed E-state index contributed by atoms with van der Waals surface area (Å²) < 4.78 is 19.3. The minimum Gasteiger partial charge on any atom is -0.431 e. The molecule has 0 aliphatic rings. The van der Waals surface area contributed by atoms with Crippen molar-refractivity contribution in [2.45, 2.75) is 45.9 Å². The van der Waals surface area contributed by atoms with Gasteiger partial charge >= 0.3 is 12.1 Å². The van der Waals surface area contributed by atoms with Gasteiger partial charge in [0, 0.05) is 13.2 Å². The smallest absolute Gasteiger partial charge is 0.431 e. The van der Waals surface area contributed by atoms with E-state index >= 15 is 0 Å². The summed E-state index contributed by atoms with van der Waals surface area (Å²) in [6.07, 6.45) is -1.15. The maximum absolute atomic E-state index is 11.9. The lowest BCUT2D eigenvalue weighted by Gasteiger charge is -2.28. The van der Waals surface area contributed by atoms with E-state index in [0.29, 0.717) is 0 Å². The van der Waals surface area contributed by atoms with Crippen LogP contribution in [-0.2, 0) is 23.7 Å². The molecule has 1 unspecified atom stereocenters. The van der Waals surface area contributed by atoms with Crippen LogP contribution in [0.2, 0.25) is 0 Å². The number of methoxy groups -OCH3 is 1. The molecule has 7 nitrogen and oxygen atoms in total. The van der Waals surface area contributed by atoms with Crippen molar-refractivity contribution in [3.63, 3.8) is 0 Å². The van der Waals surface area contributed by atoms with E-state index in [1.54, 1.807) is 20.9 Å². The van der Waals surface area contributed by atoms with E-state index in [1.807, 2.05) is 18.7 Å². The second-order valence-corrected chi connectivity index (χ2v) is 4.87. The maximum atomic E-state index is 11.9. The molecule has 0 aromatic heterocycles. The van der Waals surface area contributed by atoms with Crippen LogP contribution in [0.1, 0.15) is 27.7 Å². The minimum atomic E-state index is -0.867. The molecule has 0 aliphatic heterocycles. The van der Waals surface area contributed by atoms with Crippen LogP contribution < -0.4 is 0 Å². The van der Waals surface area contributed by atoms with Crippen LogP contribution in [0.15, 0.2) is 0 Å². The first-order valence-electron chi connectivity index (χ1n) is 6.50. The van der Waals surface area contributed by atoms with Gasteiger partial charge in [0.25, 0.3) is 0 Å². The van der Waals surface area contributed by atoms with E-state index in [-0.39, 0.29) is 18.8 Å². The number of ether oxygens (including phenoxy) is 4. The Morgan fingerprint density at radius 3 is 2.15 bits per heavy atom. The molecule has 0 radical (unpaired) electrons. The molecule has 7 heteroatoms. The van der Waals surface area contributed by atoms with Crippen molar-refractivity contribution in [1.29, 1.82) is 0 Å². The summed E-state index contributed by atoms with van der Waals surface area (Å²) in [6, 6.07) is -0.403. The van der Waals surface area contributed by atoms with E-state index < -0.39 is 25.0 Å². The molecule has 0 heterocycles. The molecule has 0 aromatic rings. The molecule has 0 rings (SSSR count). The van der Waals surface area contributed by atoms with Gasteiger partial charge in [-0.1, -0.05) is 0 Å². The van der Waals surface area contributed by atoms with Crippen molar-refractivity contribution in [3.8, 4) is 0 Å². The zero-order valence-electron chi connectivity index (χ0n) is 13.0. The Morgan fingerprint density at radius 1 is 1.10 bits per heavy atom. The van der Waals surface area contributed by atoms with Gasteiger partial charge in [0.1, 0.15) is 6.04 Å². The highest BCUT2D eigenvalue weighted by atomic mass is 16.8. The number of carbonyl (C=O) groups is 2. The summed E-state index contributed by atoms with van der Waals surface area (Å²) in [5.74, 6) is -0.514. The number of rotatable bonds is 8. The third-order valence-corrected chi connectivity index (χ3v) is 2.61. The Morgan fingerprint density at radius 2 is 1.70 bits per heavy atom. The largest absolute Gasteiger partial charge is 0.511 e. The molecule has 0 spiro atoms.